The van der Waals surface area contributed by atoms with Gasteiger partial charge in [0.05, 0.1) is 10.9 Å². The number of anilines is 1. The fourth-order valence-electron chi connectivity index (χ4n) is 2.83. The van der Waals surface area contributed by atoms with E-state index in [1.54, 1.807) is 0 Å². The largest absolute Gasteiger partial charge is 0.354 e. The van der Waals surface area contributed by atoms with Gasteiger partial charge in [0.15, 0.2) is 11.4 Å². The average molecular weight is 229 g/mol. The highest BCUT2D eigenvalue weighted by molar-refractivity contribution is 5.89. The Morgan fingerprint density at radius 2 is 2.06 bits per heavy atom. The van der Waals surface area contributed by atoms with Gasteiger partial charge in [-0.1, -0.05) is 17.3 Å². The summed E-state index contributed by atoms with van der Waals surface area (Å²) in [5.41, 5.74) is 7.23. The molecular formula is C13H15N3O. The summed E-state index contributed by atoms with van der Waals surface area (Å²) in [6, 6.07) is 7.97. The van der Waals surface area contributed by atoms with Crippen molar-refractivity contribution in [2.45, 2.75) is 18.4 Å². The highest BCUT2D eigenvalue weighted by atomic mass is 16.5. The summed E-state index contributed by atoms with van der Waals surface area (Å²) >= 11 is 0. The zero-order valence-corrected chi connectivity index (χ0v) is 9.60. The lowest BCUT2D eigenvalue weighted by Crippen LogP contribution is -2.69. The fourth-order valence-corrected chi connectivity index (χ4v) is 2.83. The van der Waals surface area contributed by atoms with E-state index in [1.165, 1.54) is 12.8 Å². The van der Waals surface area contributed by atoms with Crippen molar-refractivity contribution < 1.29 is 4.52 Å². The Hall–Kier alpha value is -1.55. The van der Waals surface area contributed by atoms with Crippen LogP contribution in [-0.4, -0.2) is 23.8 Å². The monoisotopic (exact) mass is 229 g/mol. The average Bonchev–Trinajstić information content (AvgIpc) is 3.06. The van der Waals surface area contributed by atoms with Crippen molar-refractivity contribution in [3.05, 3.63) is 24.3 Å². The van der Waals surface area contributed by atoms with Crippen LogP contribution >= 0.6 is 0 Å². The summed E-state index contributed by atoms with van der Waals surface area (Å²) in [4.78, 5) is 2.23. The lowest BCUT2D eigenvalue weighted by Gasteiger charge is -2.48. The van der Waals surface area contributed by atoms with Crippen LogP contribution in [0.15, 0.2) is 28.8 Å². The van der Waals surface area contributed by atoms with Crippen LogP contribution in [0.25, 0.3) is 11.0 Å². The summed E-state index contributed by atoms with van der Waals surface area (Å²) in [6.45, 7) is 1.82. The Kier molecular flexibility index (Phi) is 1.68. The highest BCUT2D eigenvalue weighted by Gasteiger charge is 2.51. The van der Waals surface area contributed by atoms with Crippen LogP contribution < -0.4 is 10.6 Å². The molecule has 2 aliphatic rings. The molecule has 2 aromatic rings. The number of nitrogens with zero attached hydrogens (tertiary/aromatic N) is 2. The van der Waals surface area contributed by atoms with Crippen LogP contribution in [-0.2, 0) is 0 Å². The first-order valence-electron chi connectivity index (χ1n) is 6.14. The molecule has 4 rings (SSSR count). The van der Waals surface area contributed by atoms with E-state index >= 15 is 0 Å². The van der Waals surface area contributed by atoms with E-state index in [0.717, 1.165) is 35.8 Å². The molecule has 1 aliphatic heterocycles. The van der Waals surface area contributed by atoms with E-state index in [0.29, 0.717) is 0 Å². The zero-order chi connectivity index (χ0) is 11.5. The number of rotatable bonds is 2. The van der Waals surface area contributed by atoms with Crippen LogP contribution in [0.5, 0.6) is 0 Å². The molecule has 1 saturated heterocycles. The minimum absolute atomic E-state index is 0.0278. The van der Waals surface area contributed by atoms with E-state index in [-0.39, 0.29) is 5.54 Å². The van der Waals surface area contributed by atoms with E-state index in [4.69, 9.17) is 10.3 Å². The molecule has 1 aromatic heterocycles. The second-order valence-electron chi connectivity index (χ2n) is 5.37. The third-order valence-corrected chi connectivity index (χ3v) is 4.02. The maximum atomic E-state index is 6.35. The fraction of sp³-hybridized carbons (Fsp3) is 0.462. The molecule has 2 N–H and O–H groups in total. The van der Waals surface area contributed by atoms with Crippen molar-refractivity contribution in [2.75, 3.05) is 18.0 Å². The number of hydrogen-bond donors (Lipinski definition) is 1. The Bertz CT molecular complexity index is 567. The van der Waals surface area contributed by atoms with Gasteiger partial charge >= 0.3 is 0 Å². The molecule has 0 radical (unpaired) electrons. The summed E-state index contributed by atoms with van der Waals surface area (Å²) < 4.78 is 5.32. The topological polar surface area (TPSA) is 55.3 Å². The molecule has 1 saturated carbocycles. The molecule has 0 atom stereocenters. The molecule has 0 unspecified atom stereocenters. The SMILES string of the molecule is NC1(C2CC2)CN(c2noc3ccccc23)C1. The number of fused-ring (bicyclic) bond motifs is 1. The van der Waals surface area contributed by atoms with Gasteiger partial charge in [-0.25, -0.2) is 0 Å². The Balaban J connectivity index is 1.64. The maximum absolute atomic E-state index is 6.35. The smallest absolute Gasteiger partial charge is 0.180 e. The van der Waals surface area contributed by atoms with Gasteiger partial charge in [0.1, 0.15) is 0 Å². The lowest BCUT2D eigenvalue weighted by atomic mass is 9.85. The molecule has 0 bridgehead atoms. The predicted octanol–water partition coefficient (Wildman–Crippen LogP) is 1.76. The Labute approximate surface area is 99.4 Å². The maximum Gasteiger partial charge on any atom is 0.180 e. The van der Waals surface area contributed by atoms with E-state index in [1.807, 2.05) is 18.2 Å². The van der Waals surface area contributed by atoms with Crippen LogP contribution in [0.1, 0.15) is 12.8 Å². The standard InChI is InChI=1S/C13H15N3O/c14-13(9-5-6-9)7-16(8-13)12-10-3-1-2-4-11(10)17-15-12/h1-4,9H,5-8,14H2. The molecule has 1 aliphatic carbocycles. The normalized spacial score (nSPS) is 22.8. The van der Waals surface area contributed by atoms with Gasteiger partial charge in [0.25, 0.3) is 0 Å². The van der Waals surface area contributed by atoms with Crippen molar-refractivity contribution in [1.82, 2.24) is 5.16 Å². The summed E-state index contributed by atoms with van der Waals surface area (Å²) in [5, 5.41) is 5.25. The molecular weight excluding hydrogens is 214 g/mol. The second-order valence-corrected chi connectivity index (χ2v) is 5.37. The number of benzene rings is 1. The molecule has 0 spiro atoms. The number of nitrogens with two attached hydrogens (primary N) is 1. The van der Waals surface area contributed by atoms with E-state index < -0.39 is 0 Å². The molecule has 2 fully saturated rings. The molecule has 4 nitrogen and oxygen atoms in total. The first-order chi connectivity index (χ1) is 8.26. The van der Waals surface area contributed by atoms with Crippen molar-refractivity contribution in [1.29, 1.82) is 0 Å². The van der Waals surface area contributed by atoms with Crippen molar-refractivity contribution in [3.8, 4) is 0 Å². The number of hydrogen-bond acceptors (Lipinski definition) is 4. The summed E-state index contributed by atoms with van der Waals surface area (Å²) in [6.07, 6.45) is 2.59. The third-order valence-electron chi connectivity index (χ3n) is 4.02. The Morgan fingerprint density at radius 1 is 1.29 bits per heavy atom. The first-order valence-corrected chi connectivity index (χ1v) is 6.14. The van der Waals surface area contributed by atoms with Gasteiger partial charge in [-0.05, 0) is 30.9 Å². The molecule has 17 heavy (non-hydrogen) atoms. The van der Waals surface area contributed by atoms with Gasteiger partial charge in [0, 0.05) is 13.1 Å². The minimum Gasteiger partial charge on any atom is -0.354 e. The van der Waals surface area contributed by atoms with Crippen LogP contribution in [0, 0.1) is 5.92 Å². The molecule has 88 valence electrons. The van der Waals surface area contributed by atoms with E-state index in [2.05, 4.69) is 16.1 Å². The van der Waals surface area contributed by atoms with Crippen LogP contribution in [0.2, 0.25) is 0 Å². The summed E-state index contributed by atoms with van der Waals surface area (Å²) in [5.74, 6) is 1.68. The highest BCUT2D eigenvalue weighted by Crippen LogP contribution is 2.44. The number of aromatic nitrogens is 1. The van der Waals surface area contributed by atoms with Gasteiger partial charge in [0.2, 0.25) is 0 Å². The van der Waals surface area contributed by atoms with Crippen LogP contribution in [0.3, 0.4) is 0 Å². The van der Waals surface area contributed by atoms with Crippen LogP contribution in [0.4, 0.5) is 5.82 Å². The molecule has 4 heteroatoms. The summed E-state index contributed by atoms with van der Waals surface area (Å²) in [7, 11) is 0. The van der Waals surface area contributed by atoms with Crippen molar-refractivity contribution >= 4 is 16.8 Å². The van der Waals surface area contributed by atoms with Crippen molar-refractivity contribution in [2.24, 2.45) is 11.7 Å². The third kappa shape index (κ3) is 1.30. The van der Waals surface area contributed by atoms with Gasteiger partial charge in [-0.3, -0.25) is 0 Å². The second kappa shape index (κ2) is 3.01. The van der Waals surface area contributed by atoms with Gasteiger partial charge in [-0.2, -0.15) is 0 Å². The van der Waals surface area contributed by atoms with E-state index in [9.17, 15) is 0 Å². The predicted molar refractivity (Wildman–Crippen MR) is 65.9 cm³/mol. The molecule has 1 aromatic carbocycles. The lowest BCUT2D eigenvalue weighted by molar-refractivity contribution is 0.286. The van der Waals surface area contributed by atoms with Gasteiger partial charge in [-0.15, -0.1) is 0 Å². The molecule has 0 amide bonds. The Morgan fingerprint density at radius 3 is 2.82 bits per heavy atom. The van der Waals surface area contributed by atoms with Crippen molar-refractivity contribution in [3.63, 3.8) is 0 Å². The minimum atomic E-state index is 0.0278. The van der Waals surface area contributed by atoms with Gasteiger partial charge < -0.3 is 15.2 Å². The number of para-hydroxylation sites is 1. The zero-order valence-electron chi connectivity index (χ0n) is 9.60. The molecule has 2 heterocycles. The quantitative estimate of drug-likeness (QED) is 0.852. The first kappa shape index (κ1) is 9.48.